The number of amides is 1. The number of ether oxygens (including phenoxy) is 3. The Balaban J connectivity index is 1.63. The number of H-pyrrole nitrogens is 1. The first kappa shape index (κ1) is 18.7. The Morgan fingerprint density at radius 2 is 1.90 bits per heavy atom. The van der Waals surface area contributed by atoms with Crippen LogP contribution in [0.5, 0.6) is 11.5 Å². The van der Waals surface area contributed by atoms with Crippen molar-refractivity contribution in [2.45, 2.75) is 12.8 Å². The lowest BCUT2D eigenvalue weighted by atomic mass is 9.97. The molecule has 0 fully saturated rings. The van der Waals surface area contributed by atoms with E-state index in [4.69, 9.17) is 14.2 Å². The molecule has 0 unspecified atom stereocenters. The van der Waals surface area contributed by atoms with E-state index in [0.29, 0.717) is 32.1 Å². The predicted molar refractivity (Wildman–Crippen MR) is 114 cm³/mol. The Labute approximate surface area is 174 Å². The molecule has 4 bridgehead atoms. The first-order chi connectivity index (χ1) is 14.8. The summed E-state index contributed by atoms with van der Waals surface area (Å²) in [6, 6.07) is 11.9. The third-order valence-corrected chi connectivity index (χ3v) is 5.33. The van der Waals surface area contributed by atoms with E-state index in [1.807, 2.05) is 30.3 Å². The standard InChI is InChI=1S/C23H23N3O4/c27-22-14-30-19-11-16(15-4-8-28-9-5-15)10-17(12-19)23-20-13-18(29-7-1-6-24-22)2-3-21(20)25-26-23/h2-4,10-13H,1,5-9,14H2,(H,24,27)(H,25,26). The maximum Gasteiger partial charge on any atom is 0.257 e. The monoisotopic (exact) mass is 405 g/mol. The van der Waals surface area contributed by atoms with Crippen molar-refractivity contribution in [2.24, 2.45) is 0 Å². The Morgan fingerprint density at radius 1 is 0.967 bits per heavy atom. The summed E-state index contributed by atoms with van der Waals surface area (Å²) in [5, 5.41) is 11.5. The molecular formula is C23H23N3O4. The average Bonchev–Trinajstić information content (AvgIpc) is 3.21. The number of aromatic amines is 1. The summed E-state index contributed by atoms with van der Waals surface area (Å²) in [7, 11) is 0. The molecule has 0 aliphatic carbocycles. The first-order valence-electron chi connectivity index (χ1n) is 10.2. The van der Waals surface area contributed by atoms with Gasteiger partial charge in [-0.2, -0.15) is 5.10 Å². The molecule has 154 valence electrons. The molecule has 3 heterocycles. The second-order valence-electron chi connectivity index (χ2n) is 7.42. The fourth-order valence-electron chi connectivity index (χ4n) is 3.79. The largest absolute Gasteiger partial charge is 0.494 e. The van der Waals surface area contributed by atoms with Gasteiger partial charge in [0.25, 0.3) is 5.91 Å². The summed E-state index contributed by atoms with van der Waals surface area (Å²) in [5.74, 6) is 1.28. The minimum atomic E-state index is -0.148. The molecule has 0 spiro atoms. The van der Waals surface area contributed by atoms with Gasteiger partial charge in [0.15, 0.2) is 6.61 Å². The van der Waals surface area contributed by atoms with E-state index >= 15 is 0 Å². The van der Waals surface area contributed by atoms with Crippen molar-refractivity contribution in [1.29, 1.82) is 0 Å². The van der Waals surface area contributed by atoms with E-state index < -0.39 is 0 Å². The Kier molecular flexibility index (Phi) is 5.11. The van der Waals surface area contributed by atoms with E-state index in [0.717, 1.165) is 46.3 Å². The normalized spacial score (nSPS) is 17.3. The molecule has 5 rings (SSSR count). The summed E-state index contributed by atoms with van der Waals surface area (Å²) in [6.45, 7) is 2.33. The van der Waals surface area contributed by atoms with Crippen molar-refractivity contribution in [3.63, 3.8) is 0 Å². The Hall–Kier alpha value is -3.32. The maximum absolute atomic E-state index is 12.1. The number of hydrogen-bond acceptors (Lipinski definition) is 5. The van der Waals surface area contributed by atoms with E-state index in [1.165, 1.54) is 5.57 Å². The molecular weight excluding hydrogens is 382 g/mol. The zero-order chi connectivity index (χ0) is 20.3. The number of rotatable bonds is 1. The predicted octanol–water partition coefficient (Wildman–Crippen LogP) is 3.31. The van der Waals surface area contributed by atoms with Crippen LogP contribution in [-0.2, 0) is 9.53 Å². The van der Waals surface area contributed by atoms with Crippen LogP contribution < -0.4 is 14.8 Å². The molecule has 0 atom stereocenters. The molecule has 30 heavy (non-hydrogen) atoms. The van der Waals surface area contributed by atoms with Gasteiger partial charge >= 0.3 is 0 Å². The van der Waals surface area contributed by atoms with Gasteiger partial charge in [0.1, 0.15) is 17.2 Å². The third kappa shape index (κ3) is 3.89. The Morgan fingerprint density at radius 3 is 2.80 bits per heavy atom. The van der Waals surface area contributed by atoms with Gasteiger partial charge in [-0.1, -0.05) is 6.08 Å². The number of aromatic nitrogens is 2. The van der Waals surface area contributed by atoms with E-state index in [1.54, 1.807) is 0 Å². The molecule has 1 aromatic heterocycles. The van der Waals surface area contributed by atoms with Crippen LogP contribution in [0.3, 0.4) is 0 Å². The number of carbonyl (C=O) groups excluding carboxylic acids is 1. The quantitative estimate of drug-likeness (QED) is 0.649. The molecule has 0 radical (unpaired) electrons. The van der Waals surface area contributed by atoms with Gasteiger partial charge < -0.3 is 19.5 Å². The first-order valence-corrected chi connectivity index (χ1v) is 10.2. The van der Waals surface area contributed by atoms with E-state index in [2.05, 4.69) is 27.7 Å². The van der Waals surface area contributed by atoms with Gasteiger partial charge in [0.2, 0.25) is 0 Å². The molecule has 0 saturated heterocycles. The van der Waals surface area contributed by atoms with Crippen molar-refractivity contribution < 1.29 is 19.0 Å². The highest BCUT2D eigenvalue weighted by molar-refractivity contribution is 5.94. The summed E-state index contributed by atoms with van der Waals surface area (Å²) < 4.78 is 17.2. The highest BCUT2D eigenvalue weighted by Crippen LogP contribution is 2.35. The zero-order valence-electron chi connectivity index (χ0n) is 16.6. The van der Waals surface area contributed by atoms with Crippen LogP contribution in [0.1, 0.15) is 18.4 Å². The van der Waals surface area contributed by atoms with Crippen molar-refractivity contribution in [1.82, 2.24) is 15.5 Å². The fourth-order valence-corrected chi connectivity index (χ4v) is 3.79. The molecule has 2 aliphatic rings. The van der Waals surface area contributed by atoms with Crippen LogP contribution >= 0.6 is 0 Å². The van der Waals surface area contributed by atoms with Crippen LogP contribution in [0, 0.1) is 0 Å². The lowest BCUT2D eigenvalue weighted by Gasteiger charge is -2.16. The zero-order valence-corrected chi connectivity index (χ0v) is 16.6. The molecule has 2 aliphatic heterocycles. The molecule has 0 saturated carbocycles. The van der Waals surface area contributed by atoms with Crippen molar-refractivity contribution in [3.05, 3.63) is 48.0 Å². The summed E-state index contributed by atoms with van der Waals surface area (Å²) in [6.07, 6.45) is 3.65. The third-order valence-electron chi connectivity index (χ3n) is 5.33. The smallest absolute Gasteiger partial charge is 0.257 e. The number of fused-ring (bicyclic) bond motifs is 4. The van der Waals surface area contributed by atoms with Crippen LogP contribution in [0.4, 0.5) is 0 Å². The van der Waals surface area contributed by atoms with Gasteiger partial charge in [0.05, 0.1) is 25.3 Å². The van der Waals surface area contributed by atoms with E-state index in [-0.39, 0.29) is 12.5 Å². The second kappa shape index (κ2) is 8.20. The number of benzene rings is 2. The van der Waals surface area contributed by atoms with Crippen molar-refractivity contribution >= 4 is 22.4 Å². The molecule has 7 nitrogen and oxygen atoms in total. The molecule has 7 heteroatoms. The number of hydrogen-bond donors (Lipinski definition) is 2. The van der Waals surface area contributed by atoms with Gasteiger partial charge in [-0.25, -0.2) is 0 Å². The van der Waals surface area contributed by atoms with Crippen LogP contribution in [-0.4, -0.2) is 49.1 Å². The Bertz CT molecular complexity index is 1120. The highest BCUT2D eigenvalue weighted by Gasteiger charge is 2.16. The van der Waals surface area contributed by atoms with Crippen molar-refractivity contribution in [3.8, 4) is 22.8 Å². The molecule has 3 aromatic rings. The molecule has 2 aromatic carbocycles. The number of carbonyl (C=O) groups is 1. The second-order valence-corrected chi connectivity index (χ2v) is 7.42. The minimum Gasteiger partial charge on any atom is -0.494 e. The van der Waals surface area contributed by atoms with Crippen LogP contribution in [0.25, 0.3) is 27.7 Å². The summed E-state index contributed by atoms with van der Waals surface area (Å²) in [5.41, 5.74) is 4.96. The SMILES string of the molecule is O=C1COc2cc(C3=CCOCC3)cc(c2)-c2n[nH]c3ccc(cc23)OCCCN1. The topological polar surface area (TPSA) is 85.5 Å². The van der Waals surface area contributed by atoms with Gasteiger partial charge in [-0.3, -0.25) is 9.89 Å². The molecule has 1 amide bonds. The van der Waals surface area contributed by atoms with Crippen LogP contribution in [0.2, 0.25) is 0 Å². The summed E-state index contributed by atoms with van der Waals surface area (Å²) in [4.78, 5) is 12.1. The van der Waals surface area contributed by atoms with E-state index in [9.17, 15) is 4.79 Å². The number of nitrogens with zero attached hydrogens (tertiary/aromatic N) is 1. The van der Waals surface area contributed by atoms with Gasteiger partial charge in [0, 0.05) is 17.5 Å². The number of nitrogens with one attached hydrogen (secondary N) is 2. The fraction of sp³-hybridized carbons (Fsp3) is 0.304. The van der Waals surface area contributed by atoms with Crippen LogP contribution in [0.15, 0.2) is 42.5 Å². The van der Waals surface area contributed by atoms with Gasteiger partial charge in [-0.05, 0) is 60.4 Å². The lowest BCUT2D eigenvalue weighted by Crippen LogP contribution is -2.30. The minimum absolute atomic E-state index is 0.0321. The van der Waals surface area contributed by atoms with Gasteiger partial charge in [-0.15, -0.1) is 0 Å². The highest BCUT2D eigenvalue weighted by atomic mass is 16.5. The lowest BCUT2D eigenvalue weighted by molar-refractivity contribution is -0.123. The average molecular weight is 405 g/mol. The maximum atomic E-state index is 12.1. The molecule has 2 N–H and O–H groups in total. The van der Waals surface area contributed by atoms with Crippen molar-refractivity contribution in [2.75, 3.05) is 33.0 Å². The summed E-state index contributed by atoms with van der Waals surface area (Å²) >= 11 is 0.